The average Bonchev–Trinajstić information content (AvgIpc) is 2.47. The van der Waals surface area contributed by atoms with E-state index in [1.165, 1.54) is 16.3 Å². The van der Waals surface area contributed by atoms with E-state index in [1.54, 1.807) is 0 Å². The molecule has 0 atom stereocenters. The lowest BCUT2D eigenvalue weighted by molar-refractivity contribution is 0.312. The number of nitrogens with zero attached hydrogens (tertiary/aromatic N) is 3. The fourth-order valence-corrected chi connectivity index (χ4v) is 2.81. The molecule has 4 nitrogen and oxygen atoms in total. The quantitative estimate of drug-likeness (QED) is 0.907. The van der Waals surface area contributed by atoms with Gasteiger partial charge in [-0.15, -0.1) is 0 Å². The number of hydrogen-bond donors (Lipinski definition) is 1. The first-order chi connectivity index (χ1) is 9.69. The van der Waals surface area contributed by atoms with E-state index in [4.69, 9.17) is 4.98 Å². The lowest BCUT2D eigenvalue weighted by Crippen LogP contribution is -2.44. The van der Waals surface area contributed by atoms with Crippen molar-refractivity contribution in [3.63, 3.8) is 0 Å². The lowest BCUT2D eigenvalue weighted by Gasteiger charge is -2.34. The van der Waals surface area contributed by atoms with Gasteiger partial charge in [-0.25, -0.2) is 4.98 Å². The maximum Gasteiger partial charge on any atom is 0.136 e. The van der Waals surface area contributed by atoms with Gasteiger partial charge in [0.15, 0.2) is 0 Å². The average molecular weight is 270 g/mol. The van der Waals surface area contributed by atoms with Gasteiger partial charge in [0.1, 0.15) is 5.82 Å². The molecule has 0 amide bonds. The van der Waals surface area contributed by atoms with Gasteiger partial charge < -0.3 is 15.1 Å². The van der Waals surface area contributed by atoms with Crippen LogP contribution in [0.25, 0.3) is 10.8 Å². The maximum atomic E-state index is 4.70. The highest BCUT2D eigenvalue weighted by Crippen LogP contribution is 2.31. The number of benzene rings is 1. The van der Waals surface area contributed by atoms with Crippen molar-refractivity contribution in [3.05, 3.63) is 30.0 Å². The second-order valence-electron chi connectivity index (χ2n) is 5.58. The van der Waals surface area contributed by atoms with Gasteiger partial charge in [0.05, 0.1) is 11.9 Å². The zero-order valence-electron chi connectivity index (χ0n) is 12.5. The predicted molar refractivity (Wildman–Crippen MR) is 85.7 cm³/mol. The van der Waals surface area contributed by atoms with Crippen molar-refractivity contribution in [3.8, 4) is 0 Å². The second kappa shape index (κ2) is 5.29. The van der Waals surface area contributed by atoms with E-state index in [2.05, 4.69) is 47.3 Å². The minimum absolute atomic E-state index is 1.05. The molecule has 1 aromatic heterocycles. The number of fused-ring (bicyclic) bond motifs is 1. The number of hydrogen-bond acceptors (Lipinski definition) is 4. The smallest absolute Gasteiger partial charge is 0.136 e. The molecule has 2 heterocycles. The number of piperazine rings is 1. The van der Waals surface area contributed by atoms with Crippen LogP contribution in [0, 0.1) is 6.92 Å². The summed E-state index contributed by atoms with van der Waals surface area (Å²) in [4.78, 5) is 9.47. The van der Waals surface area contributed by atoms with Crippen molar-refractivity contribution in [2.45, 2.75) is 6.92 Å². The summed E-state index contributed by atoms with van der Waals surface area (Å²) in [6.45, 7) is 6.43. The van der Waals surface area contributed by atoms with Crippen LogP contribution in [0.5, 0.6) is 0 Å². The van der Waals surface area contributed by atoms with Crippen LogP contribution >= 0.6 is 0 Å². The molecule has 0 bridgehead atoms. The van der Waals surface area contributed by atoms with E-state index in [0.717, 1.165) is 37.7 Å². The van der Waals surface area contributed by atoms with Gasteiger partial charge in [0.25, 0.3) is 0 Å². The van der Waals surface area contributed by atoms with Crippen LogP contribution in [0.4, 0.5) is 11.5 Å². The van der Waals surface area contributed by atoms with Gasteiger partial charge in [0, 0.05) is 44.0 Å². The normalized spacial score (nSPS) is 16.6. The minimum Gasteiger partial charge on any atom is -0.386 e. The molecule has 0 radical (unpaired) electrons. The van der Waals surface area contributed by atoms with E-state index in [-0.39, 0.29) is 0 Å². The highest BCUT2D eigenvalue weighted by atomic mass is 15.3. The molecule has 1 aliphatic rings. The highest BCUT2D eigenvalue weighted by molar-refractivity contribution is 6.00. The zero-order chi connectivity index (χ0) is 14.1. The van der Waals surface area contributed by atoms with E-state index in [9.17, 15) is 0 Å². The Morgan fingerprint density at radius 1 is 1.10 bits per heavy atom. The number of rotatable bonds is 2. The zero-order valence-corrected chi connectivity index (χ0v) is 12.5. The van der Waals surface area contributed by atoms with Gasteiger partial charge in [0.2, 0.25) is 0 Å². The number of pyridine rings is 1. The third-order valence-electron chi connectivity index (χ3n) is 4.09. The number of aryl methyl sites for hydroxylation is 1. The molecule has 0 spiro atoms. The summed E-state index contributed by atoms with van der Waals surface area (Å²) in [6.07, 6.45) is 1.95. The van der Waals surface area contributed by atoms with Crippen LogP contribution in [0.15, 0.2) is 24.4 Å². The third kappa shape index (κ3) is 2.31. The molecule has 0 saturated carbocycles. The maximum absolute atomic E-state index is 4.70. The molecule has 3 rings (SSSR count). The standard InChI is InChI=1S/C16H22N4/c1-12-4-5-13-14(10-12)15(17-2)11-18-16(13)20-8-6-19(3)7-9-20/h4-5,10-11,17H,6-9H2,1-3H3. The molecule has 1 N–H and O–H groups in total. The van der Waals surface area contributed by atoms with Crippen LogP contribution < -0.4 is 10.2 Å². The molecule has 1 aromatic carbocycles. The van der Waals surface area contributed by atoms with Crippen molar-refractivity contribution >= 4 is 22.3 Å². The third-order valence-corrected chi connectivity index (χ3v) is 4.09. The van der Waals surface area contributed by atoms with Gasteiger partial charge in [-0.05, 0) is 20.0 Å². The van der Waals surface area contributed by atoms with Crippen LogP contribution in [-0.4, -0.2) is 50.2 Å². The number of anilines is 2. The lowest BCUT2D eigenvalue weighted by atomic mass is 10.1. The summed E-state index contributed by atoms with van der Waals surface area (Å²) in [5.41, 5.74) is 2.38. The monoisotopic (exact) mass is 270 g/mol. The van der Waals surface area contributed by atoms with E-state index in [1.807, 2.05) is 13.2 Å². The Hall–Kier alpha value is -1.81. The van der Waals surface area contributed by atoms with E-state index >= 15 is 0 Å². The number of aromatic nitrogens is 1. The molecule has 0 unspecified atom stereocenters. The van der Waals surface area contributed by atoms with Gasteiger partial charge in [-0.3, -0.25) is 0 Å². The topological polar surface area (TPSA) is 31.4 Å². The summed E-state index contributed by atoms with van der Waals surface area (Å²) >= 11 is 0. The number of likely N-dealkylation sites (N-methyl/N-ethyl adjacent to an activating group) is 1. The van der Waals surface area contributed by atoms with Gasteiger partial charge >= 0.3 is 0 Å². The molecule has 106 valence electrons. The van der Waals surface area contributed by atoms with Crippen molar-refractivity contribution < 1.29 is 0 Å². The Morgan fingerprint density at radius 2 is 1.85 bits per heavy atom. The number of nitrogens with one attached hydrogen (secondary N) is 1. The highest BCUT2D eigenvalue weighted by Gasteiger charge is 2.18. The van der Waals surface area contributed by atoms with Crippen LogP contribution in [0.1, 0.15) is 5.56 Å². The van der Waals surface area contributed by atoms with Crippen molar-refractivity contribution in [1.82, 2.24) is 9.88 Å². The summed E-state index contributed by atoms with van der Waals surface area (Å²) in [5, 5.41) is 5.75. The SMILES string of the molecule is CNc1cnc(N2CCN(C)CC2)c2ccc(C)cc12. The van der Waals surface area contributed by atoms with Crippen molar-refractivity contribution in [2.24, 2.45) is 0 Å². The first-order valence-corrected chi connectivity index (χ1v) is 7.19. The first kappa shape index (κ1) is 13.2. The van der Waals surface area contributed by atoms with Crippen molar-refractivity contribution in [1.29, 1.82) is 0 Å². The van der Waals surface area contributed by atoms with E-state index in [0.29, 0.717) is 0 Å². The summed E-state index contributed by atoms with van der Waals surface area (Å²) in [5.74, 6) is 1.12. The van der Waals surface area contributed by atoms with Crippen LogP contribution in [0.3, 0.4) is 0 Å². The summed E-state index contributed by atoms with van der Waals surface area (Å²) in [7, 11) is 4.13. The first-order valence-electron chi connectivity index (χ1n) is 7.19. The van der Waals surface area contributed by atoms with Crippen LogP contribution in [-0.2, 0) is 0 Å². The van der Waals surface area contributed by atoms with Gasteiger partial charge in [-0.2, -0.15) is 0 Å². The molecule has 1 aliphatic heterocycles. The van der Waals surface area contributed by atoms with Gasteiger partial charge in [-0.1, -0.05) is 17.7 Å². The molecule has 4 heteroatoms. The molecular formula is C16H22N4. The van der Waals surface area contributed by atoms with Crippen molar-refractivity contribution in [2.75, 3.05) is 50.5 Å². The van der Waals surface area contributed by atoms with E-state index < -0.39 is 0 Å². The molecule has 1 fully saturated rings. The van der Waals surface area contributed by atoms with Crippen LogP contribution in [0.2, 0.25) is 0 Å². The Morgan fingerprint density at radius 3 is 2.55 bits per heavy atom. The largest absolute Gasteiger partial charge is 0.386 e. The fraction of sp³-hybridized carbons (Fsp3) is 0.438. The Labute approximate surface area is 120 Å². The Kier molecular flexibility index (Phi) is 3.49. The molecule has 2 aromatic rings. The molecular weight excluding hydrogens is 248 g/mol. The summed E-state index contributed by atoms with van der Waals surface area (Å²) < 4.78 is 0. The Bertz CT molecular complexity index is 615. The fourth-order valence-electron chi connectivity index (χ4n) is 2.81. The summed E-state index contributed by atoms with van der Waals surface area (Å²) in [6, 6.07) is 6.61. The molecule has 20 heavy (non-hydrogen) atoms. The second-order valence-corrected chi connectivity index (χ2v) is 5.58. The minimum atomic E-state index is 1.05. The molecule has 0 aliphatic carbocycles. The molecule has 1 saturated heterocycles. The predicted octanol–water partition coefficient (Wildman–Crippen LogP) is 2.34. The Balaban J connectivity index is 2.07.